The second-order valence-electron chi connectivity index (χ2n) is 5.50. The maximum Gasteiger partial charge on any atom is 0.413 e. The van der Waals surface area contributed by atoms with Crippen LogP contribution in [0, 0.1) is 10.1 Å². The summed E-state index contributed by atoms with van der Waals surface area (Å²) < 4.78 is 39.6. The normalized spacial score (nSPS) is 20.2. The summed E-state index contributed by atoms with van der Waals surface area (Å²) in [6, 6.07) is 0. The molecule has 0 bridgehead atoms. The summed E-state index contributed by atoms with van der Waals surface area (Å²) >= 11 is 0. The van der Waals surface area contributed by atoms with Gasteiger partial charge in [-0.25, -0.2) is 0 Å². The maximum atomic E-state index is 13.2. The maximum absolute atomic E-state index is 13.2. The van der Waals surface area contributed by atoms with Crippen molar-refractivity contribution in [3.63, 3.8) is 0 Å². The minimum absolute atomic E-state index is 0.116. The van der Waals surface area contributed by atoms with Crippen LogP contribution in [0.5, 0.6) is 0 Å². The topological polar surface area (TPSA) is 49.6 Å². The number of likely N-dealkylation sites (N-methyl/N-ethyl adjacent to an activating group) is 1. The van der Waals surface area contributed by atoms with Crippen molar-refractivity contribution in [1.29, 1.82) is 0 Å². The van der Waals surface area contributed by atoms with E-state index in [1.807, 2.05) is 25.8 Å². The van der Waals surface area contributed by atoms with Gasteiger partial charge in [-0.1, -0.05) is 19.9 Å². The van der Waals surface area contributed by atoms with Gasteiger partial charge in [0.25, 0.3) is 5.70 Å². The fourth-order valence-electron chi connectivity index (χ4n) is 2.52. The Hall–Kier alpha value is -1.67. The minimum atomic E-state index is -4.48. The fourth-order valence-corrected chi connectivity index (χ4v) is 2.52. The van der Waals surface area contributed by atoms with E-state index in [4.69, 9.17) is 0 Å². The van der Waals surface area contributed by atoms with Crippen molar-refractivity contribution < 1.29 is 18.1 Å². The predicted molar refractivity (Wildman–Crippen MR) is 87.2 cm³/mol. The molecule has 0 unspecified atom stereocenters. The number of nitro groups is 1. The van der Waals surface area contributed by atoms with Gasteiger partial charge in [0.2, 0.25) is 0 Å². The summed E-state index contributed by atoms with van der Waals surface area (Å²) in [5.74, 6) is 0. The van der Waals surface area contributed by atoms with E-state index in [-0.39, 0.29) is 17.8 Å². The fraction of sp³-hybridized carbons (Fsp3) is 0.625. The molecule has 1 saturated heterocycles. The van der Waals surface area contributed by atoms with Crippen molar-refractivity contribution >= 4 is 0 Å². The number of piperazine rings is 1. The lowest BCUT2D eigenvalue weighted by Crippen LogP contribution is -2.45. The highest BCUT2D eigenvalue weighted by Crippen LogP contribution is 2.34. The Balaban J connectivity index is 0.00000139. The van der Waals surface area contributed by atoms with Crippen LogP contribution in [-0.4, -0.2) is 60.7 Å². The molecule has 2 aliphatic rings. The molecule has 0 saturated carbocycles. The van der Waals surface area contributed by atoms with Gasteiger partial charge in [-0.2, -0.15) is 13.2 Å². The van der Waals surface area contributed by atoms with Crippen LogP contribution < -0.4 is 0 Å². The number of nitrogens with zero attached hydrogens (tertiary/aromatic N) is 3. The summed E-state index contributed by atoms with van der Waals surface area (Å²) in [5, 5.41) is 10.8. The van der Waals surface area contributed by atoms with Gasteiger partial charge in [-0.3, -0.25) is 15.0 Å². The van der Waals surface area contributed by atoms with Crippen LogP contribution in [0.25, 0.3) is 0 Å². The van der Waals surface area contributed by atoms with Crippen LogP contribution in [0.15, 0.2) is 35.1 Å². The second-order valence-corrected chi connectivity index (χ2v) is 5.50. The Labute approximate surface area is 140 Å². The summed E-state index contributed by atoms with van der Waals surface area (Å²) in [6.07, 6.45) is -1.52. The summed E-state index contributed by atoms with van der Waals surface area (Å²) in [7, 11) is 1.97. The summed E-state index contributed by atoms with van der Waals surface area (Å²) in [6.45, 7) is 7.15. The average molecular weight is 347 g/mol. The van der Waals surface area contributed by atoms with Crippen LogP contribution in [0.3, 0.4) is 0 Å². The Kier molecular flexibility index (Phi) is 7.62. The lowest BCUT2D eigenvalue weighted by molar-refractivity contribution is -0.419. The molecule has 1 fully saturated rings. The molecule has 0 N–H and O–H groups in total. The molecule has 2 rings (SSSR count). The van der Waals surface area contributed by atoms with Crippen LogP contribution >= 0.6 is 0 Å². The van der Waals surface area contributed by atoms with E-state index in [0.29, 0.717) is 13.1 Å². The van der Waals surface area contributed by atoms with Gasteiger partial charge in [-0.15, -0.1) is 0 Å². The SMILES string of the molecule is CC.CN1CCN(CC2=C(C(F)(F)F)CC=C([N+](=O)[O-])C=C2)CC1. The van der Waals surface area contributed by atoms with E-state index in [9.17, 15) is 23.3 Å². The van der Waals surface area contributed by atoms with Gasteiger partial charge >= 0.3 is 6.18 Å². The van der Waals surface area contributed by atoms with E-state index in [1.54, 1.807) is 0 Å². The highest BCUT2D eigenvalue weighted by Gasteiger charge is 2.36. The highest BCUT2D eigenvalue weighted by molar-refractivity contribution is 5.37. The zero-order valence-electron chi connectivity index (χ0n) is 14.3. The quantitative estimate of drug-likeness (QED) is 0.581. The number of rotatable bonds is 3. The molecule has 0 radical (unpaired) electrons. The third-order valence-electron chi connectivity index (χ3n) is 3.90. The Bertz CT molecular complexity index is 531. The number of hydrogen-bond donors (Lipinski definition) is 0. The molecular formula is C16H24F3N3O2. The summed E-state index contributed by atoms with van der Waals surface area (Å²) in [5.41, 5.74) is -0.875. The molecule has 1 heterocycles. The first-order valence-electron chi connectivity index (χ1n) is 8.00. The van der Waals surface area contributed by atoms with E-state index in [0.717, 1.165) is 25.2 Å². The number of alkyl halides is 3. The molecule has 24 heavy (non-hydrogen) atoms. The Morgan fingerprint density at radius 2 is 1.75 bits per heavy atom. The van der Waals surface area contributed by atoms with Crippen LogP contribution in [-0.2, 0) is 0 Å². The standard InChI is InChI=1S/C14H18F3N3O2.C2H6/c1-18-6-8-19(9-7-18)10-11-2-3-12(20(21)22)4-5-13(11)14(15,16)17;1-2/h2-4H,5-10H2,1H3;1-2H3. The zero-order chi connectivity index (χ0) is 18.3. The lowest BCUT2D eigenvalue weighted by atomic mass is 10.0. The molecule has 0 spiro atoms. The first-order valence-corrected chi connectivity index (χ1v) is 8.00. The van der Waals surface area contributed by atoms with Gasteiger partial charge < -0.3 is 4.90 Å². The van der Waals surface area contributed by atoms with Crippen LogP contribution in [0.1, 0.15) is 20.3 Å². The van der Waals surface area contributed by atoms with Gasteiger partial charge in [0.1, 0.15) is 0 Å². The predicted octanol–water partition coefficient (Wildman–Crippen LogP) is 3.24. The van der Waals surface area contributed by atoms with Crippen molar-refractivity contribution in [3.05, 3.63) is 45.2 Å². The van der Waals surface area contributed by atoms with Gasteiger partial charge in [0.05, 0.1) is 4.92 Å². The molecule has 1 aliphatic carbocycles. The number of hydrogen-bond acceptors (Lipinski definition) is 4. The van der Waals surface area contributed by atoms with Crippen molar-refractivity contribution in [1.82, 2.24) is 9.80 Å². The third-order valence-corrected chi connectivity index (χ3v) is 3.90. The van der Waals surface area contributed by atoms with Crippen LogP contribution in [0.4, 0.5) is 13.2 Å². The van der Waals surface area contributed by atoms with Gasteiger partial charge in [0.15, 0.2) is 0 Å². The molecular weight excluding hydrogens is 323 g/mol. The monoisotopic (exact) mass is 347 g/mol. The van der Waals surface area contributed by atoms with E-state index in [1.165, 1.54) is 6.08 Å². The molecule has 5 nitrogen and oxygen atoms in total. The number of allylic oxidation sites excluding steroid dienone is 3. The van der Waals surface area contributed by atoms with Crippen molar-refractivity contribution in [2.24, 2.45) is 0 Å². The second kappa shape index (κ2) is 8.98. The average Bonchev–Trinajstić information content (AvgIpc) is 2.74. The van der Waals surface area contributed by atoms with E-state index < -0.39 is 23.1 Å². The van der Waals surface area contributed by atoms with Crippen molar-refractivity contribution in [2.45, 2.75) is 26.4 Å². The van der Waals surface area contributed by atoms with Crippen LogP contribution in [0.2, 0.25) is 0 Å². The van der Waals surface area contributed by atoms with E-state index >= 15 is 0 Å². The Morgan fingerprint density at radius 1 is 1.17 bits per heavy atom. The molecule has 0 atom stereocenters. The molecule has 8 heteroatoms. The highest BCUT2D eigenvalue weighted by atomic mass is 19.4. The first-order chi connectivity index (χ1) is 11.3. The summed E-state index contributed by atoms with van der Waals surface area (Å²) in [4.78, 5) is 14.2. The zero-order valence-corrected chi connectivity index (χ0v) is 14.3. The van der Waals surface area contributed by atoms with Crippen molar-refractivity contribution in [2.75, 3.05) is 39.8 Å². The molecule has 1 aliphatic heterocycles. The van der Waals surface area contributed by atoms with E-state index in [2.05, 4.69) is 4.90 Å². The van der Waals surface area contributed by atoms with Gasteiger partial charge in [0, 0.05) is 50.8 Å². The first kappa shape index (κ1) is 20.4. The molecule has 0 aromatic carbocycles. The molecule has 0 amide bonds. The van der Waals surface area contributed by atoms with Crippen molar-refractivity contribution in [3.8, 4) is 0 Å². The largest absolute Gasteiger partial charge is 0.413 e. The lowest BCUT2D eigenvalue weighted by Gasteiger charge is -2.33. The number of halogens is 3. The van der Waals surface area contributed by atoms with Gasteiger partial charge in [-0.05, 0) is 18.7 Å². The molecule has 136 valence electrons. The molecule has 0 aromatic heterocycles. The smallest absolute Gasteiger partial charge is 0.304 e. The minimum Gasteiger partial charge on any atom is -0.304 e. The Morgan fingerprint density at radius 3 is 2.25 bits per heavy atom. The molecule has 0 aromatic rings. The third kappa shape index (κ3) is 5.76.